The summed E-state index contributed by atoms with van der Waals surface area (Å²) >= 11 is 0. The molecule has 0 spiro atoms. The van der Waals surface area contributed by atoms with Crippen LogP contribution in [0.4, 0.5) is 0 Å². The number of aromatic nitrogens is 2. The summed E-state index contributed by atoms with van der Waals surface area (Å²) in [6.45, 7) is 3.96. The molecule has 5 nitrogen and oxygen atoms in total. The number of carbonyl (C=O) groups excluding carboxylic acids is 1. The third-order valence-electron chi connectivity index (χ3n) is 4.52. The monoisotopic (exact) mass is 395 g/mol. The van der Waals surface area contributed by atoms with Gasteiger partial charge in [0.15, 0.2) is 0 Å². The van der Waals surface area contributed by atoms with Gasteiger partial charge >= 0.3 is 0 Å². The fourth-order valence-corrected chi connectivity index (χ4v) is 3.58. The predicted molar refractivity (Wildman–Crippen MR) is 114 cm³/mol. The number of benzene rings is 2. The van der Waals surface area contributed by atoms with Crippen LogP contribution in [0.25, 0.3) is 16.9 Å². The van der Waals surface area contributed by atoms with E-state index in [-0.39, 0.29) is 11.9 Å². The van der Waals surface area contributed by atoms with E-state index >= 15 is 0 Å². The third-order valence-corrected chi connectivity index (χ3v) is 5.33. The van der Waals surface area contributed by atoms with Crippen molar-refractivity contribution in [3.05, 3.63) is 71.9 Å². The molecule has 0 saturated carbocycles. The van der Waals surface area contributed by atoms with Crippen molar-refractivity contribution >= 4 is 16.7 Å². The average Bonchev–Trinajstić information content (AvgIpc) is 3.13. The topological polar surface area (TPSA) is 64.0 Å². The van der Waals surface area contributed by atoms with Gasteiger partial charge in [-0.3, -0.25) is 9.00 Å². The number of rotatable bonds is 7. The molecule has 0 aliphatic rings. The number of nitrogens with zero attached hydrogens (tertiary/aromatic N) is 2. The molecular formula is C22H25N3O2S. The van der Waals surface area contributed by atoms with Crippen molar-refractivity contribution < 1.29 is 9.00 Å². The lowest BCUT2D eigenvalue weighted by atomic mass is 10.1. The van der Waals surface area contributed by atoms with Crippen molar-refractivity contribution in [2.24, 2.45) is 0 Å². The van der Waals surface area contributed by atoms with E-state index in [0.29, 0.717) is 23.4 Å². The molecular weight excluding hydrogens is 370 g/mol. The first-order valence-corrected chi connectivity index (χ1v) is 11.0. The summed E-state index contributed by atoms with van der Waals surface area (Å²) in [5.74, 6) is 0.391. The first-order valence-electron chi connectivity index (χ1n) is 9.27. The zero-order valence-electron chi connectivity index (χ0n) is 16.4. The molecule has 0 radical (unpaired) electrons. The molecule has 0 saturated heterocycles. The van der Waals surface area contributed by atoms with E-state index in [1.807, 2.05) is 68.4 Å². The van der Waals surface area contributed by atoms with Crippen molar-refractivity contribution in [1.29, 1.82) is 0 Å². The van der Waals surface area contributed by atoms with Crippen molar-refractivity contribution in [2.75, 3.05) is 12.0 Å². The molecule has 1 N–H and O–H groups in total. The molecule has 0 bridgehead atoms. The number of hydrogen-bond acceptors (Lipinski definition) is 3. The van der Waals surface area contributed by atoms with Gasteiger partial charge in [-0.05, 0) is 32.4 Å². The lowest BCUT2D eigenvalue weighted by Crippen LogP contribution is -2.33. The van der Waals surface area contributed by atoms with Crippen LogP contribution in [0, 0.1) is 6.92 Å². The number of hydrogen-bond donors (Lipinski definition) is 1. The molecule has 146 valence electrons. The summed E-state index contributed by atoms with van der Waals surface area (Å²) in [5, 5.41) is 7.70. The Kier molecular flexibility index (Phi) is 6.41. The highest BCUT2D eigenvalue weighted by atomic mass is 32.2. The SMILES string of the molecule is Cc1ccc(-n2cc(C(=O)N[C@H](C)CC[S@](C)=O)c(-c3ccccc3)n2)cc1. The van der Waals surface area contributed by atoms with Crippen LogP contribution >= 0.6 is 0 Å². The number of amides is 1. The van der Waals surface area contributed by atoms with Crippen LogP contribution in [0.5, 0.6) is 0 Å². The van der Waals surface area contributed by atoms with E-state index in [0.717, 1.165) is 11.3 Å². The van der Waals surface area contributed by atoms with Gasteiger partial charge in [-0.2, -0.15) is 5.10 Å². The van der Waals surface area contributed by atoms with Gasteiger partial charge in [0.05, 0.1) is 11.3 Å². The minimum absolute atomic E-state index is 0.0669. The van der Waals surface area contributed by atoms with Crippen molar-refractivity contribution in [3.63, 3.8) is 0 Å². The Bertz CT molecular complexity index is 965. The van der Waals surface area contributed by atoms with Gasteiger partial charge in [-0.25, -0.2) is 4.68 Å². The van der Waals surface area contributed by atoms with Crippen molar-refractivity contribution in [1.82, 2.24) is 15.1 Å². The van der Waals surface area contributed by atoms with Gasteiger partial charge in [0.2, 0.25) is 0 Å². The Morgan fingerprint density at radius 3 is 2.46 bits per heavy atom. The zero-order chi connectivity index (χ0) is 20.1. The lowest BCUT2D eigenvalue weighted by molar-refractivity contribution is 0.0940. The summed E-state index contributed by atoms with van der Waals surface area (Å²) in [7, 11) is -0.870. The standard InChI is InChI=1S/C22H25N3O2S/c1-16-9-11-19(12-10-16)25-15-20(21(24-25)18-7-5-4-6-8-18)22(26)23-17(2)13-14-28(3)27/h4-12,15,17H,13-14H2,1-3H3,(H,23,26)/t17-,28+/m1/s1. The van der Waals surface area contributed by atoms with E-state index in [1.165, 1.54) is 5.56 Å². The van der Waals surface area contributed by atoms with Crippen LogP contribution in [0.3, 0.4) is 0 Å². The van der Waals surface area contributed by atoms with E-state index in [9.17, 15) is 9.00 Å². The highest BCUT2D eigenvalue weighted by molar-refractivity contribution is 7.84. The minimum Gasteiger partial charge on any atom is -0.349 e. The highest BCUT2D eigenvalue weighted by Crippen LogP contribution is 2.24. The van der Waals surface area contributed by atoms with E-state index in [1.54, 1.807) is 17.1 Å². The predicted octanol–water partition coefficient (Wildman–Crippen LogP) is 3.73. The van der Waals surface area contributed by atoms with Crippen LogP contribution < -0.4 is 5.32 Å². The molecule has 1 aromatic heterocycles. The number of nitrogens with one attached hydrogen (secondary N) is 1. The molecule has 2 atom stereocenters. The summed E-state index contributed by atoms with van der Waals surface area (Å²) < 4.78 is 13.1. The van der Waals surface area contributed by atoms with Crippen LogP contribution in [-0.4, -0.2) is 37.9 Å². The molecule has 2 aromatic carbocycles. The second-order valence-corrected chi connectivity index (χ2v) is 8.53. The minimum atomic E-state index is -0.870. The summed E-state index contributed by atoms with van der Waals surface area (Å²) in [6.07, 6.45) is 4.11. The molecule has 0 fully saturated rings. The number of aryl methyl sites for hydroxylation is 1. The maximum atomic E-state index is 13.0. The van der Waals surface area contributed by atoms with Crippen molar-refractivity contribution in [3.8, 4) is 16.9 Å². The molecule has 0 unspecified atom stereocenters. The van der Waals surface area contributed by atoms with Gasteiger partial charge in [0, 0.05) is 40.6 Å². The van der Waals surface area contributed by atoms with E-state index in [4.69, 9.17) is 5.10 Å². The largest absolute Gasteiger partial charge is 0.349 e. The molecule has 1 amide bonds. The second-order valence-electron chi connectivity index (χ2n) is 6.98. The summed E-state index contributed by atoms with van der Waals surface area (Å²) in [5.41, 5.74) is 4.12. The molecule has 0 aliphatic carbocycles. The van der Waals surface area contributed by atoms with Gasteiger partial charge < -0.3 is 5.32 Å². The molecule has 28 heavy (non-hydrogen) atoms. The molecule has 3 rings (SSSR count). The Labute approximate surface area is 168 Å². The van der Waals surface area contributed by atoms with Crippen LogP contribution in [0.15, 0.2) is 60.8 Å². The molecule has 3 aromatic rings. The highest BCUT2D eigenvalue weighted by Gasteiger charge is 2.20. The summed E-state index contributed by atoms with van der Waals surface area (Å²) in [4.78, 5) is 13.0. The van der Waals surface area contributed by atoms with Gasteiger partial charge in [-0.15, -0.1) is 0 Å². The molecule has 6 heteroatoms. The Morgan fingerprint density at radius 2 is 1.82 bits per heavy atom. The van der Waals surface area contributed by atoms with Gasteiger partial charge in [-0.1, -0.05) is 48.0 Å². The smallest absolute Gasteiger partial charge is 0.255 e. The third kappa shape index (κ3) is 4.95. The first-order chi connectivity index (χ1) is 13.4. The maximum absolute atomic E-state index is 13.0. The first kappa shape index (κ1) is 20.0. The van der Waals surface area contributed by atoms with Crippen LogP contribution in [-0.2, 0) is 10.8 Å². The average molecular weight is 396 g/mol. The Morgan fingerprint density at radius 1 is 1.14 bits per heavy atom. The Balaban J connectivity index is 1.93. The van der Waals surface area contributed by atoms with E-state index in [2.05, 4.69) is 5.32 Å². The molecule has 0 aliphatic heterocycles. The summed E-state index contributed by atoms with van der Waals surface area (Å²) in [6, 6.07) is 17.6. The normalized spacial score (nSPS) is 13.1. The quantitative estimate of drug-likeness (QED) is 0.663. The zero-order valence-corrected chi connectivity index (χ0v) is 17.2. The fourth-order valence-electron chi connectivity index (χ4n) is 2.90. The number of carbonyl (C=O) groups is 1. The lowest BCUT2D eigenvalue weighted by Gasteiger charge is -2.13. The Hall–Kier alpha value is -2.73. The van der Waals surface area contributed by atoms with Crippen LogP contribution in [0.1, 0.15) is 29.3 Å². The van der Waals surface area contributed by atoms with Gasteiger partial charge in [0.25, 0.3) is 5.91 Å². The van der Waals surface area contributed by atoms with Crippen LogP contribution in [0.2, 0.25) is 0 Å². The fraction of sp³-hybridized carbons (Fsp3) is 0.273. The maximum Gasteiger partial charge on any atom is 0.255 e. The van der Waals surface area contributed by atoms with Gasteiger partial charge in [0.1, 0.15) is 5.69 Å². The van der Waals surface area contributed by atoms with E-state index < -0.39 is 10.8 Å². The molecule has 1 heterocycles. The van der Waals surface area contributed by atoms with Crippen molar-refractivity contribution in [2.45, 2.75) is 26.3 Å². The second kappa shape index (κ2) is 8.97.